The number of hydrogen-bond donors (Lipinski definition) is 0. The van der Waals surface area contributed by atoms with Gasteiger partial charge in [0.25, 0.3) is 5.91 Å². The Labute approximate surface area is 178 Å². The van der Waals surface area contributed by atoms with Crippen LogP contribution in [0.5, 0.6) is 0 Å². The van der Waals surface area contributed by atoms with Gasteiger partial charge in [-0.1, -0.05) is 73.5 Å². The molecule has 1 aliphatic carbocycles. The molecule has 3 nitrogen and oxygen atoms in total. The molecule has 2 atom stereocenters. The molecule has 3 heteroatoms. The summed E-state index contributed by atoms with van der Waals surface area (Å²) in [6, 6.07) is 25.0. The highest BCUT2D eigenvalue weighted by Crippen LogP contribution is 2.36. The van der Waals surface area contributed by atoms with E-state index in [1.54, 1.807) is 0 Å². The van der Waals surface area contributed by atoms with Gasteiger partial charge in [-0.15, -0.1) is 0 Å². The maximum absolute atomic E-state index is 13.3. The minimum Gasteiger partial charge on any atom is -0.334 e. The molecule has 152 valence electrons. The molecule has 2 unspecified atom stereocenters. The lowest BCUT2D eigenvalue weighted by Crippen LogP contribution is -2.49. The van der Waals surface area contributed by atoms with Crippen LogP contribution < -0.4 is 0 Å². The second-order valence-electron chi connectivity index (χ2n) is 8.60. The predicted octanol–water partition coefficient (Wildman–Crippen LogP) is 6.21. The summed E-state index contributed by atoms with van der Waals surface area (Å²) in [6.07, 6.45) is 7.37. The number of piperidine rings is 1. The van der Waals surface area contributed by atoms with Gasteiger partial charge in [-0.3, -0.25) is 4.79 Å². The number of aromatic nitrogens is 1. The summed E-state index contributed by atoms with van der Waals surface area (Å²) in [7, 11) is 0. The van der Waals surface area contributed by atoms with Crippen molar-refractivity contribution < 1.29 is 4.79 Å². The van der Waals surface area contributed by atoms with E-state index in [1.807, 2.05) is 24.3 Å². The summed E-state index contributed by atoms with van der Waals surface area (Å²) in [5, 5.41) is 0. The van der Waals surface area contributed by atoms with Crippen molar-refractivity contribution in [2.75, 3.05) is 6.54 Å². The number of amides is 1. The molecule has 1 aromatic heterocycles. The summed E-state index contributed by atoms with van der Waals surface area (Å²) >= 11 is 0. The van der Waals surface area contributed by atoms with Crippen LogP contribution in [0.3, 0.4) is 0 Å². The van der Waals surface area contributed by atoms with Crippen molar-refractivity contribution in [3.63, 3.8) is 0 Å². The van der Waals surface area contributed by atoms with Crippen LogP contribution in [-0.2, 0) is 0 Å². The summed E-state index contributed by atoms with van der Waals surface area (Å²) in [5.74, 6) is 0.791. The van der Waals surface area contributed by atoms with E-state index in [-0.39, 0.29) is 5.91 Å². The highest BCUT2D eigenvalue weighted by Gasteiger charge is 2.36. The zero-order valence-electron chi connectivity index (χ0n) is 17.3. The van der Waals surface area contributed by atoms with Crippen LogP contribution in [0.25, 0.3) is 22.4 Å². The average Bonchev–Trinajstić information content (AvgIpc) is 2.84. The van der Waals surface area contributed by atoms with Crippen LogP contribution in [0.15, 0.2) is 72.8 Å². The minimum atomic E-state index is 0.106. The van der Waals surface area contributed by atoms with E-state index in [0.717, 1.165) is 30.6 Å². The van der Waals surface area contributed by atoms with Crippen LogP contribution in [0.2, 0.25) is 0 Å². The molecular weight excluding hydrogens is 368 g/mol. The fraction of sp³-hybridized carbons (Fsp3) is 0.333. The first-order valence-electron chi connectivity index (χ1n) is 11.2. The van der Waals surface area contributed by atoms with Crippen LogP contribution in [-0.4, -0.2) is 28.4 Å². The monoisotopic (exact) mass is 396 g/mol. The first kappa shape index (κ1) is 19.0. The Morgan fingerprint density at radius 1 is 0.733 bits per heavy atom. The van der Waals surface area contributed by atoms with Crippen molar-refractivity contribution in [1.29, 1.82) is 0 Å². The molecule has 2 aliphatic rings. The molecule has 1 saturated carbocycles. The fourth-order valence-corrected chi connectivity index (χ4v) is 5.20. The van der Waals surface area contributed by atoms with Crippen molar-refractivity contribution >= 4 is 5.91 Å². The molecule has 5 rings (SSSR count). The molecule has 1 aliphatic heterocycles. The lowest BCUT2D eigenvalue weighted by molar-refractivity contribution is 0.0385. The predicted molar refractivity (Wildman–Crippen MR) is 121 cm³/mol. The maximum Gasteiger partial charge on any atom is 0.272 e. The first-order valence-corrected chi connectivity index (χ1v) is 11.2. The molecule has 30 heavy (non-hydrogen) atoms. The standard InChI is InChI=1S/C27H28N2O/c30-27(29-19-7-11-23-10-4-5-14-26(23)29)25-13-6-12-24(28-25)22-17-15-21(16-18-22)20-8-2-1-3-9-20/h1-3,6,8-9,12-13,15-18,23,26H,4-5,7,10-11,14,19H2. The third-order valence-corrected chi connectivity index (χ3v) is 6.76. The average molecular weight is 397 g/mol. The Hall–Kier alpha value is -2.94. The molecule has 2 fully saturated rings. The Balaban J connectivity index is 1.38. The van der Waals surface area contributed by atoms with Gasteiger partial charge in [-0.25, -0.2) is 4.98 Å². The summed E-state index contributed by atoms with van der Waals surface area (Å²) < 4.78 is 0. The van der Waals surface area contributed by atoms with E-state index in [2.05, 4.69) is 53.4 Å². The van der Waals surface area contributed by atoms with Gasteiger partial charge in [-0.2, -0.15) is 0 Å². The van der Waals surface area contributed by atoms with E-state index in [4.69, 9.17) is 4.98 Å². The number of fused-ring (bicyclic) bond motifs is 1. The van der Waals surface area contributed by atoms with Gasteiger partial charge in [0.2, 0.25) is 0 Å². The van der Waals surface area contributed by atoms with Gasteiger partial charge >= 0.3 is 0 Å². The summed E-state index contributed by atoms with van der Waals surface area (Å²) in [6.45, 7) is 0.873. The Bertz CT molecular complexity index is 1010. The fourth-order valence-electron chi connectivity index (χ4n) is 5.20. The van der Waals surface area contributed by atoms with Gasteiger partial charge in [0.05, 0.1) is 5.69 Å². The maximum atomic E-state index is 13.3. The third kappa shape index (κ3) is 3.77. The van der Waals surface area contributed by atoms with Gasteiger partial charge in [-0.05, 0) is 54.9 Å². The molecular formula is C27H28N2O. The molecule has 2 aromatic carbocycles. The quantitative estimate of drug-likeness (QED) is 0.527. The van der Waals surface area contributed by atoms with Gasteiger partial charge in [0.15, 0.2) is 0 Å². The van der Waals surface area contributed by atoms with Gasteiger partial charge in [0, 0.05) is 18.2 Å². The van der Waals surface area contributed by atoms with Crippen molar-refractivity contribution in [3.05, 3.63) is 78.5 Å². The largest absolute Gasteiger partial charge is 0.334 e. The second-order valence-corrected chi connectivity index (χ2v) is 8.60. The highest BCUT2D eigenvalue weighted by atomic mass is 16.2. The third-order valence-electron chi connectivity index (χ3n) is 6.76. The topological polar surface area (TPSA) is 33.2 Å². The molecule has 2 heterocycles. The number of nitrogens with zero attached hydrogens (tertiary/aromatic N) is 2. The van der Waals surface area contributed by atoms with Crippen molar-refractivity contribution in [3.8, 4) is 22.4 Å². The van der Waals surface area contributed by atoms with Gasteiger partial charge < -0.3 is 4.90 Å². The van der Waals surface area contributed by atoms with E-state index in [9.17, 15) is 4.79 Å². The highest BCUT2D eigenvalue weighted by molar-refractivity contribution is 5.93. The van der Waals surface area contributed by atoms with Crippen molar-refractivity contribution in [1.82, 2.24) is 9.88 Å². The Morgan fingerprint density at radius 2 is 1.43 bits per heavy atom. The summed E-state index contributed by atoms with van der Waals surface area (Å²) in [5.41, 5.74) is 4.86. The number of carbonyl (C=O) groups excluding carboxylic acids is 1. The molecule has 0 spiro atoms. The van der Waals surface area contributed by atoms with Crippen molar-refractivity contribution in [2.45, 2.75) is 44.6 Å². The van der Waals surface area contributed by atoms with Gasteiger partial charge in [0.1, 0.15) is 5.69 Å². The number of hydrogen-bond acceptors (Lipinski definition) is 2. The van der Waals surface area contributed by atoms with E-state index >= 15 is 0 Å². The van der Waals surface area contributed by atoms with E-state index in [1.165, 1.54) is 36.8 Å². The lowest BCUT2D eigenvalue weighted by atomic mass is 9.78. The molecule has 3 aromatic rings. The lowest BCUT2D eigenvalue weighted by Gasteiger charge is -2.44. The zero-order valence-corrected chi connectivity index (χ0v) is 17.3. The molecule has 0 N–H and O–H groups in total. The molecule has 0 radical (unpaired) electrons. The SMILES string of the molecule is O=C(c1cccc(-c2ccc(-c3ccccc3)cc2)n1)N1CCCC2CCCCC21. The van der Waals surface area contributed by atoms with Crippen LogP contribution in [0.4, 0.5) is 0 Å². The number of likely N-dealkylation sites (tertiary alicyclic amines) is 1. The first-order chi connectivity index (χ1) is 14.8. The zero-order chi connectivity index (χ0) is 20.3. The number of pyridine rings is 1. The molecule has 1 saturated heterocycles. The molecule has 1 amide bonds. The number of benzene rings is 2. The Morgan fingerprint density at radius 3 is 2.27 bits per heavy atom. The molecule has 0 bridgehead atoms. The van der Waals surface area contributed by atoms with Crippen LogP contribution in [0, 0.1) is 5.92 Å². The van der Waals surface area contributed by atoms with E-state index in [0.29, 0.717) is 17.7 Å². The number of rotatable bonds is 3. The Kier molecular flexibility index (Phi) is 5.35. The second kappa shape index (κ2) is 8.43. The summed E-state index contributed by atoms with van der Waals surface area (Å²) in [4.78, 5) is 20.2. The minimum absolute atomic E-state index is 0.106. The van der Waals surface area contributed by atoms with Crippen molar-refractivity contribution in [2.24, 2.45) is 5.92 Å². The normalized spacial score (nSPS) is 21.1. The van der Waals surface area contributed by atoms with Crippen LogP contribution >= 0.6 is 0 Å². The van der Waals surface area contributed by atoms with Crippen LogP contribution in [0.1, 0.15) is 49.0 Å². The number of carbonyl (C=O) groups is 1. The van der Waals surface area contributed by atoms with E-state index < -0.39 is 0 Å². The smallest absolute Gasteiger partial charge is 0.272 e.